The van der Waals surface area contributed by atoms with Crippen LogP contribution in [-0.2, 0) is 13.1 Å². The lowest BCUT2D eigenvalue weighted by molar-refractivity contribution is -0.926. The molecule has 128 valence electrons. The molecule has 3 aromatic rings. The third kappa shape index (κ3) is 3.04. The normalized spacial score (nSPS) is 16.3. The van der Waals surface area contributed by atoms with Crippen LogP contribution in [0.25, 0.3) is 5.69 Å². The van der Waals surface area contributed by atoms with E-state index in [4.69, 9.17) is 16.6 Å². The molecule has 0 fully saturated rings. The van der Waals surface area contributed by atoms with Crippen LogP contribution in [0, 0.1) is 11.7 Å². The molecule has 0 spiro atoms. The number of nitrogens with zero attached hydrogens (tertiary/aromatic N) is 1. The van der Waals surface area contributed by atoms with Gasteiger partial charge in [-0.25, -0.2) is 0 Å². The van der Waals surface area contributed by atoms with Gasteiger partial charge in [0.25, 0.3) is 5.56 Å². The van der Waals surface area contributed by atoms with E-state index in [0.29, 0.717) is 23.5 Å². The van der Waals surface area contributed by atoms with Gasteiger partial charge in [-0.15, -0.1) is 0 Å². The minimum atomic E-state index is -0.132. The topological polar surface area (TPSA) is 67.4 Å². The fourth-order valence-corrected chi connectivity index (χ4v) is 3.46. The molecule has 3 N–H and O–H groups in total. The average Bonchev–Trinajstić information content (AvgIpc) is 3.10. The summed E-state index contributed by atoms with van der Waals surface area (Å²) in [5.41, 5.74) is 2.69. The molecular weight excluding hydrogens is 336 g/mol. The van der Waals surface area contributed by atoms with Crippen LogP contribution in [0.1, 0.15) is 16.9 Å². The molecule has 0 saturated heterocycles. The molecule has 1 aliphatic rings. The van der Waals surface area contributed by atoms with Gasteiger partial charge < -0.3 is 14.6 Å². The molecule has 0 radical (unpaired) electrons. The summed E-state index contributed by atoms with van der Waals surface area (Å²) < 4.78 is 7.72. The van der Waals surface area contributed by atoms with E-state index in [0.717, 1.165) is 23.8 Å². The van der Waals surface area contributed by atoms with Crippen LogP contribution < -0.4 is 15.8 Å². The van der Waals surface area contributed by atoms with Gasteiger partial charge >= 0.3 is 0 Å². The first-order chi connectivity index (χ1) is 12.1. The van der Waals surface area contributed by atoms with Crippen LogP contribution in [0.3, 0.4) is 0 Å². The molecule has 1 aromatic carbocycles. The van der Waals surface area contributed by atoms with E-state index in [9.17, 15) is 4.79 Å². The molecular formula is C18H19N4O2S+. The summed E-state index contributed by atoms with van der Waals surface area (Å²) >= 11 is 5.41. The van der Waals surface area contributed by atoms with Crippen molar-refractivity contribution in [3.63, 3.8) is 0 Å². The molecule has 0 amide bonds. The van der Waals surface area contributed by atoms with Gasteiger partial charge in [0.05, 0.1) is 6.26 Å². The van der Waals surface area contributed by atoms with Crippen molar-refractivity contribution in [1.29, 1.82) is 0 Å². The number of H-pyrrole nitrogens is 1. The Morgan fingerprint density at radius 1 is 1.28 bits per heavy atom. The lowest BCUT2D eigenvalue weighted by Gasteiger charge is -2.28. The molecule has 3 heterocycles. The smallest absolute Gasteiger partial charge is 0.262 e. The van der Waals surface area contributed by atoms with E-state index < -0.39 is 0 Å². The van der Waals surface area contributed by atoms with Gasteiger partial charge in [-0.3, -0.25) is 14.3 Å². The van der Waals surface area contributed by atoms with Crippen LogP contribution in [0.5, 0.6) is 0 Å². The van der Waals surface area contributed by atoms with Crippen molar-refractivity contribution >= 4 is 18.0 Å². The number of hydrogen-bond acceptors (Lipinski definition) is 4. The Kier molecular flexibility index (Phi) is 4.03. The third-order valence-electron chi connectivity index (χ3n) is 4.44. The van der Waals surface area contributed by atoms with Crippen molar-refractivity contribution in [3.05, 3.63) is 74.7 Å². The zero-order valence-corrected chi connectivity index (χ0v) is 14.7. The van der Waals surface area contributed by atoms with E-state index in [1.807, 2.05) is 47.9 Å². The lowest BCUT2D eigenvalue weighted by Crippen LogP contribution is -3.11. The maximum absolute atomic E-state index is 12.5. The molecule has 6 nitrogen and oxygen atoms in total. The van der Waals surface area contributed by atoms with E-state index in [1.165, 1.54) is 10.5 Å². The number of nitrogens with one attached hydrogen (secondary N) is 3. The van der Waals surface area contributed by atoms with Crippen molar-refractivity contribution < 1.29 is 9.32 Å². The Balaban J connectivity index is 1.74. The molecule has 0 bridgehead atoms. The number of aromatic amines is 1. The van der Waals surface area contributed by atoms with Crippen molar-refractivity contribution in [2.45, 2.75) is 20.0 Å². The number of aryl methyl sites for hydroxylation is 1. The molecule has 25 heavy (non-hydrogen) atoms. The highest BCUT2D eigenvalue weighted by Gasteiger charge is 2.25. The van der Waals surface area contributed by atoms with E-state index in [1.54, 1.807) is 6.26 Å². The Morgan fingerprint density at radius 2 is 2.08 bits per heavy atom. The molecule has 7 heteroatoms. The van der Waals surface area contributed by atoms with Crippen molar-refractivity contribution in [2.24, 2.45) is 0 Å². The highest BCUT2D eigenvalue weighted by Crippen LogP contribution is 2.20. The fourth-order valence-electron chi connectivity index (χ4n) is 3.17. The number of rotatable bonds is 3. The van der Waals surface area contributed by atoms with Gasteiger partial charge in [0.1, 0.15) is 24.5 Å². The van der Waals surface area contributed by atoms with E-state index in [-0.39, 0.29) is 5.56 Å². The Labute approximate surface area is 149 Å². The summed E-state index contributed by atoms with van der Waals surface area (Å²) in [4.78, 5) is 16.5. The van der Waals surface area contributed by atoms with Gasteiger partial charge in [-0.1, -0.05) is 17.7 Å². The highest BCUT2D eigenvalue weighted by molar-refractivity contribution is 7.71. The molecule has 2 aromatic heterocycles. The molecule has 1 atom stereocenters. The number of anilines is 1. The summed E-state index contributed by atoms with van der Waals surface area (Å²) in [6.45, 7) is 4.07. The summed E-state index contributed by atoms with van der Waals surface area (Å²) in [5.74, 6) is 1.68. The van der Waals surface area contributed by atoms with Gasteiger partial charge in [-0.05, 0) is 43.4 Å². The van der Waals surface area contributed by atoms with Gasteiger partial charge in [-0.2, -0.15) is 0 Å². The first-order valence-electron chi connectivity index (χ1n) is 8.17. The van der Waals surface area contributed by atoms with Gasteiger partial charge in [0.15, 0.2) is 17.2 Å². The SMILES string of the molecule is Cc1ccc(-n2c3c(c(=O)[nH]c2=S)C[NH+](Cc2ccco2)CN3)cc1. The Hall–Kier alpha value is -2.64. The standard InChI is InChI=1S/C18H18N4O2S/c1-12-4-6-13(7-5-12)22-16-15(17(23)20-18(22)25)10-21(11-19-16)9-14-3-2-8-24-14/h2-8,19H,9-11H2,1H3,(H,20,23,25)/p+1. The van der Waals surface area contributed by atoms with Crippen LogP contribution in [0.2, 0.25) is 0 Å². The van der Waals surface area contributed by atoms with Crippen LogP contribution >= 0.6 is 12.2 Å². The summed E-state index contributed by atoms with van der Waals surface area (Å²) in [7, 11) is 0. The predicted octanol–water partition coefficient (Wildman–Crippen LogP) is 1.76. The van der Waals surface area contributed by atoms with E-state index in [2.05, 4.69) is 10.3 Å². The van der Waals surface area contributed by atoms with Gasteiger partial charge in [0.2, 0.25) is 0 Å². The Morgan fingerprint density at radius 3 is 2.80 bits per heavy atom. The van der Waals surface area contributed by atoms with Crippen molar-refractivity contribution in [3.8, 4) is 5.69 Å². The van der Waals surface area contributed by atoms with Gasteiger partial charge in [0, 0.05) is 5.69 Å². The quantitative estimate of drug-likeness (QED) is 0.627. The largest absolute Gasteiger partial charge is 0.463 e. The van der Waals surface area contributed by atoms with Crippen molar-refractivity contribution in [1.82, 2.24) is 9.55 Å². The minimum Gasteiger partial charge on any atom is -0.463 e. The molecule has 4 rings (SSSR count). The third-order valence-corrected chi connectivity index (χ3v) is 4.72. The molecule has 0 saturated carbocycles. The number of aromatic nitrogens is 2. The van der Waals surface area contributed by atoms with Crippen LogP contribution in [-0.4, -0.2) is 16.2 Å². The maximum Gasteiger partial charge on any atom is 0.262 e. The summed E-state index contributed by atoms with van der Waals surface area (Å²) in [6, 6.07) is 11.9. The second-order valence-corrected chi connectivity index (χ2v) is 6.68. The summed E-state index contributed by atoms with van der Waals surface area (Å²) in [5, 5.41) is 3.39. The zero-order chi connectivity index (χ0) is 17.4. The highest BCUT2D eigenvalue weighted by atomic mass is 32.1. The number of benzene rings is 1. The number of hydrogen-bond donors (Lipinski definition) is 3. The number of fused-ring (bicyclic) bond motifs is 1. The maximum atomic E-state index is 12.5. The second-order valence-electron chi connectivity index (χ2n) is 6.29. The first-order valence-corrected chi connectivity index (χ1v) is 8.58. The van der Waals surface area contributed by atoms with Crippen molar-refractivity contribution in [2.75, 3.05) is 12.0 Å². The molecule has 1 unspecified atom stereocenters. The fraction of sp³-hybridized carbons (Fsp3) is 0.222. The molecule has 1 aliphatic heterocycles. The zero-order valence-electron chi connectivity index (χ0n) is 13.8. The average molecular weight is 355 g/mol. The number of quaternary nitrogens is 1. The lowest BCUT2D eigenvalue weighted by atomic mass is 10.2. The van der Waals surface area contributed by atoms with Crippen LogP contribution in [0.4, 0.5) is 5.82 Å². The number of furan rings is 1. The summed E-state index contributed by atoms with van der Waals surface area (Å²) in [6.07, 6.45) is 1.67. The van der Waals surface area contributed by atoms with Crippen LogP contribution in [0.15, 0.2) is 51.9 Å². The minimum absolute atomic E-state index is 0.132. The monoisotopic (exact) mass is 355 g/mol. The predicted molar refractivity (Wildman–Crippen MR) is 97.5 cm³/mol. The van der Waals surface area contributed by atoms with E-state index >= 15 is 0 Å². The molecule has 0 aliphatic carbocycles. The first kappa shape index (κ1) is 15.9. The second kappa shape index (κ2) is 6.34. The Bertz CT molecular complexity index is 1000.